The van der Waals surface area contributed by atoms with Gasteiger partial charge < -0.3 is 19.7 Å². The molecule has 1 aliphatic heterocycles. The third kappa shape index (κ3) is 6.32. The summed E-state index contributed by atoms with van der Waals surface area (Å²) in [6, 6.07) is 3.87. The first-order valence-corrected chi connectivity index (χ1v) is 14.1. The molecule has 3 aromatic rings. The van der Waals surface area contributed by atoms with Crippen LogP contribution >= 0.6 is 23.3 Å². The van der Waals surface area contributed by atoms with E-state index in [9.17, 15) is 4.79 Å². The van der Waals surface area contributed by atoms with Crippen molar-refractivity contribution in [1.82, 2.24) is 30.2 Å². The van der Waals surface area contributed by atoms with E-state index in [1.165, 1.54) is 24.2 Å². The molecule has 1 unspecified atom stereocenters. The van der Waals surface area contributed by atoms with Gasteiger partial charge in [0, 0.05) is 23.3 Å². The van der Waals surface area contributed by atoms with Gasteiger partial charge in [0.2, 0.25) is 5.88 Å². The predicted octanol–water partition coefficient (Wildman–Crippen LogP) is 4.43. The number of likely N-dealkylation sites (tertiary alicyclic amines) is 1. The Bertz CT molecular complexity index is 1180. The van der Waals surface area contributed by atoms with Gasteiger partial charge >= 0.3 is 0 Å². The standard InChI is InChI=1S/C25H31N7O2S2/c1-3-34-22-15-26-13-20(29-22)21-14-28-25(35-21)24(33)30-23(16-7-10-32(2)11-8-16)19-12-17(6-9-27-19)31-36-18-4-5-18/h6,9,12-16,18,23H,3-5,7-8,10-11H2,1-2H3,(H,27,31)(H,30,33). The summed E-state index contributed by atoms with van der Waals surface area (Å²) < 4.78 is 8.91. The minimum atomic E-state index is -0.198. The Kier molecular flexibility index (Phi) is 7.98. The van der Waals surface area contributed by atoms with E-state index >= 15 is 0 Å². The third-order valence-corrected chi connectivity index (χ3v) is 8.52. The van der Waals surface area contributed by atoms with Crippen LogP contribution in [0.3, 0.4) is 0 Å². The molecule has 1 saturated carbocycles. The molecule has 190 valence electrons. The number of nitrogens with one attached hydrogen (secondary N) is 2. The van der Waals surface area contributed by atoms with Crippen molar-refractivity contribution in [1.29, 1.82) is 0 Å². The van der Waals surface area contributed by atoms with Gasteiger partial charge in [0.1, 0.15) is 5.69 Å². The average molecular weight is 526 g/mol. The summed E-state index contributed by atoms with van der Waals surface area (Å²) in [6.07, 6.45) is 11.3. The van der Waals surface area contributed by atoms with Gasteiger partial charge in [-0.1, -0.05) is 0 Å². The van der Waals surface area contributed by atoms with E-state index < -0.39 is 0 Å². The Labute approximate surface area is 219 Å². The summed E-state index contributed by atoms with van der Waals surface area (Å²) in [5.41, 5.74) is 2.54. The first-order valence-electron chi connectivity index (χ1n) is 12.4. The van der Waals surface area contributed by atoms with E-state index in [0.29, 0.717) is 34.4 Å². The molecule has 3 aromatic heterocycles. The zero-order valence-electron chi connectivity index (χ0n) is 20.5. The zero-order chi connectivity index (χ0) is 24.9. The molecule has 2 N–H and O–H groups in total. The van der Waals surface area contributed by atoms with Crippen LogP contribution in [0.25, 0.3) is 10.6 Å². The SMILES string of the molecule is CCOc1cncc(-c2cnc(C(=O)NC(c3cc(NSC4CC4)ccn3)C3CCN(C)CC3)s2)n1. The van der Waals surface area contributed by atoms with Crippen LogP contribution in [0.15, 0.2) is 36.9 Å². The van der Waals surface area contributed by atoms with E-state index in [1.807, 2.05) is 19.2 Å². The van der Waals surface area contributed by atoms with Gasteiger partial charge in [0.25, 0.3) is 5.91 Å². The fraction of sp³-hybridized carbons (Fsp3) is 0.480. The van der Waals surface area contributed by atoms with Crippen LogP contribution in [0.4, 0.5) is 5.69 Å². The molecule has 2 aliphatic rings. The molecule has 11 heteroatoms. The van der Waals surface area contributed by atoms with Crippen LogP contribution in [0, 0.1) is 5.92 Å². The number of anilines is 1. The number of hydrogen-bond acceptors (Lipinski definition) is 10. The Morgan fingerprint density at radius 3 is 2.83 bits per heavy atom. The molecule has 1 atom stereocenters. The second-order valence-corrected chi connectivity index (χ2v) is 11.3. The fourth-order valence-electron chi connectivity index (χ4n) is 4.20. The van der Waals surface area contributed by atoms with Crippen LogP contribution in [-0.2, 0) is 0 Å². The maximum Gasteiger partial charge on any atom is 0.280 e. The minimum Gasteiger partial charge on any atom is -0.477 e. The molecular weight excluding hydrogens is 494 g/mol. The number of aromatic nitrogens is 4. The summed E-state index contributed by atoms with van der Waals surface area (Å²) in [7, 11) is 2.14. The number of pyridine rings is 1. The summed E-state index contributed by atoms with van der Waals surface area (Å²) in [5.74, 6) is 0.560. The van der Waals surface area contributed by atoms with Crippen molar-refractivity contribution in [3.05, 3.63) is 47.6 Å². The molecular formula is C25H31N7O2S2. The lowest BCUT2D eigenvalue weighted by Gasteiger charge is -2.34. The van der Waals surface area contributed by atoms with Gasteiger partial charge in [-0.15, -0.1) is 11.3 Å². The van der Waals surface area contributed by atoms with Crippen LogP contribution < -0.4 is 14.8 Å². The van der Waals surface area contributed by atoms with Crippen LogP contribution in [0.5, 0.6) is 5.88 Å². The highest BCUT2D eigenvalue weighted by Gasteiger charge is 2.30. The van der Waals surface area contributed by atoms with Crippen molar-refractivity contribution >= 4 is 34.9 Å². The van der Waals surface area contributed by atoms with Crippen molar-refractivity contribution in [3.8, 4) is 16.5 Å². The van der Waals surface area contributed by atoms with E-state index in [0.717, 1.165) is 42.2 Å². The third-order valence-electron chi connectivity index (χ3n) is 6.35. The Morgan fingerprint density at radius 1 is 1.22 bits per heavy atom. The van der Waals surface area contributed by atoms with Crippen molar-refractivity contribution in [2.45, 2.75) is 43.9 Å². The van der Waals surface area contributed by atoms with E-state index in [-0.39, 0.29) is 11.9 Å². The Balaban J connectivity index is 1.34. The molecule has 1 amide bonds. The molecule has 5 rings (SSSR count). The van der Waals surface area contributed by atoms with Gasteiger partial charge in [0.05, 0.1) is 35.6 Å². The molecule has 0 bridgehead atoms. The molecule has 0 radical (unpaired) electrons. The van der Waals surface area contributed by atoms with E-state index in [2.05, 4.69) is 48.0 Å². The molecule has 0 spiro atoms. The summed E-state index contributed by atoms with van der Waals surface area (Å²) in [5, 5.41) is 4.36. The highest BCUT2D eigenvalue weighted by Crippen LogP contribution is 2.36. The number of nitrogens with zero attached hydrogens (tertiary/aromatic N) is 5. The smallest absolute Gasteiger partial charge is 0.280 e. The lowest BCUT2D eigenvalue weighted by molar-refractivity contribution is 0.0898. The molecule has 9 nitrogen and oxygen atoms in total. The number of ether oxygens (including phenoxy) is 1. The average Bonchev–Trinajstić information content (AvgIpc) is 3.60. The van der Waals surface area contributed by atoms with Crippen molar-refractivity contribution in [2.75, 3.05) is 31.5 Å². The second kappa shape index (κ2) is 11.5. The maximum absolute atomic E-state index is 13.4. The summed E-state index contributed by atoms with van der Waals surface area (Å²) in [6.45, 7) is 4.42. The number of carbonyl (C=O) groups is 1. The first kappa shape index (κ1) is 24.9. The highest BCUT2D eigenvalue weighted by atomic mass is 32.2. The Morgan fingerprint density at radius 2 is 2.06 bits per heavy atom. The van der Waals surface area contributed by atoms with Gasteiger partial charge in [-0.25, -0.2) is 9.97 Å². The number of carbonyl (C=O) groups excluding carboxylic acids is 1. The monoisotopic (exact) mass is 525 g/mol. The molecule has 36 heavy (non-hydrogen) atoms. The van der Waals surface area contributed by atoms with Gasteiger partial charge in [-0.2, -0.15) is 0 Å². The molecule has 1 saturated heterocycles. The first-order chi connectivity index (χ1) is 17.6. The normalized spacial score (nSPS) is 17.5. The van der Waals surface area contributed by atoms with E-state index in [1.54, 1.807) is 30.5 Å². The molecule has 0 aromatic carbocycles. The minimum absolute atomic E-state index is 0.188. The summed E-state index contributed by atoms with van der Waals surface area (Å²) in [4.78, 5) is 34.2. The van der Waals surface area contributed by atoms with Gasteiger partial charge in [0.15, 0.2) is 5.01 Å². The number of hydrogen-bond donors (Lipinski definition) is 2. The zero-order valence-corrected chi connectivity index (χ0v) is 22.1. The van der Waals surface area contributed by atoms with Crippen molar-refractivity contribution in [3.63, 3.8) is 0 Å². The number of rotatable bonds is 10. The van der Waals surface area contributed by atoms with Crippen LogP contribution in [0.2, 0.25) is 0 Å². The van der Waals surface area contributed by atoms with Crippen LogP contribution in [0.1, 0.15) is 54.1 Å². The fourth-order valence-corrected chi connectivity index (χ4v) is 5.77. The van der Waals surface area contributed by atoms with Crippen molar-refractivity contribution < 1.29 is 9.53 Å². The molecule has 1 aliphatic carbocycles. The Hall–Kier alpha value is -2.76. The van der Waals surface area contributed by atoms with E-state index in [4.69, 9.17) is 4.74 Å². The molecule has 4 heterocycles. The quantitative estimate of drug-likeness (QED) is 0.372. The maximum atomic E-state index is 13.4. The number of piperidine rings is 1. The lowest BCUT2D eigenvalue weighted by Crippen LogP contribution is -2.39. The van der Waals surface area contributed by atoms with Crippen molar-refractivity contribution in [2.24, 2.45) is 5.92 Å². The second-order valence-electron chi connectivity index (χ2n) is 9.19. The summed E-state index contributed by atoms with van der Waals surface area (Å²) >= 11 is 3.07. The predicted molar refractivity (Wildman–Crippen MR) is 143 cm³/mol. The van der Waals surface area contributed by atoms with Gasteiger partial charge in [-0.05, 0) is 82.7 Å². The van der Waals surface area contributed by atoms with Gasteiger partial charge in [-0.3, -0.25) is 14.8 Å². The topological polar surface area (TPSA) is 105 Å². The van der Waals surface area contributed by atoms with Crippen LogP contribution in [-0.4, -0.2) is 62.7 Å². The lowest BCUT2D eigenvalue weighted by atomic mass is 9.87. The number of amides is 1. The largest absolute Gasteiger partial charge is 0.477 e. The number of thiazole rings is 1. The highest BCUT2D eigenvalue weighted by molar-refractivity contribution is 8.01. The molecule has 2 fully saturated rings.